The maximum atomic E-state index is 14.4. The van der Waals surface area contributed by atoms with Crippen LogP contribution in [0.2, 0.25) is 0 Å². The van der Waals surface area contributed by atoms with Gasteiger partial charge in [-0.15, -0.1) is 10.2 Å². The smallest absolute Gasteiger partial charge is 0.155 e. The van der Waals surface area contributed by atoms with Gasteiger partial charge in [-0.25, -0.2) is 8.78 Å². The Labute approximate surface area is 131 Å². The second kappa shape index (κ2) is 5.93. The molecule has 0 bridgehead atoms. The topological polar surface area (TPSA) is 67.0 Å². The van der Waals surface area contributed by atoms with E-state index in [9.17, 15) is 8.78 Å². The second-order valence-corrected chi connectivity index (χ2v) is 5.46. The molecule has 2 atom stereocenters. The van der Waals surface area contributed by atoms with Gasteiger partial charge in [0.25, 0.3) is 0 Å². The Morgan fingerprint density at radius 1 is 1.35 bits per heavy atom. The summed E-state index contributed by atoms with van der Waals surface area (Å²) in [5.74, 6) is -0.941. The quantitative estimate of drug-likeness (QED) is 0.865. The van der Waals surface area contributed by atoms with Crippen LogP contribution < -0.4 is 4.90 Å². The maximum absolute atomic E-state index is 14.4. The van der Waals surface area contributed by atoms with E-state index < -0.39 is 11.6 Å². The van der Waals surface area contributed by atoms with Crippen molar-refractivity contribution < 1.29 is 13.5 Å². The second-order valence-electron chi connectivity index (χ2n) is 5.46. The average Bonchev–Trinajstić information content (AvgIpc) is 3.12. The highest BCUT2D eigenvalue weighted by Gasteiger charge is 2.38. The van der Waals surface area contributed by atoms with E-state index in [1.807, 2.05) is 0 Å². The Hall–Kier alpha value is -2.53. The third-order valence-electron chi connectivity index (χ3n) is 4.07. The molecule has 8 heteroatoms. The normalized spacial score (nSPS) is 20.7. The van der Waals surface area contributed by atoms with Crippen LogP contribution in [-0.2, 0) is 11.8 Å². The molecule has 0 spiro atoms. The first-order valence-electron chi connectivity index (χ1n) is 7.07. The van der Waals surface area contributed by atoms with Crippen molar-refractivity contribution in [3.8, 4) is 6.07 Å². The molecule has 0 unspecified atom stereocenters. The van der Waals surface area contributed by atoms with Crippen molar-refractivity contribution in [1.29, 1.82) is 5.26 Å². The summed E-state index contributed by atoms with van der Waals surface area (Å²) in [7, 11) is 3.34. The van der Waals surface area contributed by atoms with Crippen molar-refractivity contribution in [3.63, 3.8) is 0 Å². The minimum Gasteiger partial charge on any atom is -0.380 e. The van der Waals surface area contributed by atoms with Gasteiger partial charge in [0.2, 0.25) is 0 Å². The summed E-state index contributed by atoms with van der Waals surface area (Å²) in [6.07, 6.45) is 1.91. The molecule has 0 radical (unpaired) electrons. The zero-order chi connectivity index (χ0) is 16.6. The minimum atomic E-state index is -0.773. The van der Waals surface area contributed by atoms with Crippen LogP contribution in [0, 0.1) is 23.0 Å². The van der Waals surface area contributed by atoms with Crippen LogP contribution in [0.5, 0.6) is 0 Å². The zero-order valence-electron chi connectivity index (χ0n) is 12.7. The molecule has 2 heterocycles. The SMILES string of the molecule is CO[C@@H]1C[C@@H](c2nncn2C)N(c2c(F)cc(C#N)cc2F)C1. The van der Waals surface area contributed by atoms with E-state index >= 15 is 0 Å². The van der Waals surface area contributed by atoms with Gasteiger partial charge in [-0.3, -0.25) is 0 Å². The van der Waals surface area contributed by atoms with Crippen LogP contribution in [0.15, 0.2) is 18.5 Å². The maximum Gasteiger partial charge on any atom is 0.155 e. The average molecular weight is 319 g/mol. The van der Waals surface area contributed by atoms with Crippen molar-refractivity contribution >= 4 is 5.69 Å². The molecule has 0 amide bonds. The number of aryl methyl sites for hydroxylation is 1. The van der Waals surface area contributed by atoms with Crippen molar-refractivity contribution in [1.82, 2.24) is 14.8 Å². The number of benzene rings is 1. The lowest BCUT2D eigenvalue weighted by atomic mass is 10.1. The van der Waals surface area contributed by atoms with Gasteiger partial charge in [-0.1, -0.05) is 0 Å². The molecule has 1 aromatic heterocycles. The van der Waals surface area contributed by atoms with Crippen molar-refractivity contribution in [2.24, 2.45) is 7.05 Å². The van der Waals surface area contributed by atoms with Gasteiger partial charge < -0.3 is 14.2 Å². The van der Waals surface area contributed by atoms with E-state index in [1.54, 1.807) is 36.0 Å². The van der Waals surface area contributed by atoms with E-state index in [0.717, 1.165) is 12.1 Å². The summed E-state index contributed by atoms with van der Waals surface area (Å²) in [4.78, 5) is 1.59. The summed E-state index contributed by atoms with van der Waals surface area (Å²) in [5, 5.41) is 16.7. The number of methoxy groups -OCH3 is 1. The molecule has 1 aliphatic heterocycles. The fourth-order valence-corrected chi connectivity index (χ4v) is 2.96. The van der Waals surface area contributed by atoms with E-state index in [0.29, 0.717) is 18.8 Å². The van der Waals surface area contributed by atoms with Gasteiger partial charge in [-0.2, -0.15) is 5.26 Å². The van der Waals surface area contributed by atoms with Gasteiger partial charge in [0.1, 0.15) is 12.0 Å². The first kappa shape index (κ1) is 15.4. The van der Waals surface area contributed by atoms with E-state index in [1.165, 1.54) is 0 Å². The van der Waals surface area contributed by atoms with Gasteiger partial charge in [0, 0.05) is 27.1 Å². The third kappa shape index (κ3) is 2.64. The van der Waals surface area contributed by atoms with Crippen LogP contribution in [0.1, 0.15) is 23.9 Å². The summed E-state index contributed by atoms with van der Waals surface area (Å²) in [6, 6.07) is 3.46. The highest BCUT2D eigenvalue weighted by atomic mass is 19.1. The molecule has 6 nitrogen and oxygen atoms in total. The van der Waals surface area contributed by atoms with Crippen LogP contribution >= 0.6 is 0 Å². The number of hydrogen-bond donors (Lipinski definition) is 0. The lowest BCUT2D eigenvalue weighted by molar-refractivity contribution is 0.118. The molecular weight excluding hydrogens is 304 g/mol. The molecular formula is C15H15F2N5O. The van der Waals surface area contributed by atoms with Gasteiger partial charge in [-0.05, 0) is 12.1 Å². The number of anilines is 1. The zero-order valence-corrected chi connectivity index (χ0v) is 12.7. The van der Waals surface area contributed by atoms with E-state index in [2.05, 4.69) is 10.2 Å². The third-order valence-corrected chi connectivity index (χ3v) is 4.07. The number of halogens is 2. The Bertz CT molecular complexity index is 746. The first-order valence-corrected chi connectivity index (χ1v) is 7.07. The number of ether oxygens (including phenoxy) is 1. The van der Waals surface area contributed by atoms with E-state index in [4.69, 9.17) is 10.00 Å². The van der Waals surface area contributed by atoms with E-state index in [-0.39, 0.29) is 23.4 Å². The lowest BCUT2D eigenvalue weighted by Gasteiger charge is -2.26. The van der Waals surface area contributed by atoms with Gasteiger partial charge in [0.05, 0.1) is 23.8 Å². The predicted molar refractivity (Wildman–Crippen MR) is 77.6 cm³/mol. The van der Waals surface area contributed by atoms with Crippen molar-refractivity contribution in [3.05, 3.63) is 41.5 Å². The number of nitrogens with zero attached hydrogens (tertiary/aromatic N) is 5. The molecule has 2 aromatic rings. The van der Waals surface area contributed by atoms with Crippen LogP contribution in [0.25, 0.3) is 0 Å². The standard InChI is InChI=1S/C15H15F2N5O/c1-21-8-19-20-15(21)13-5-10(23-2)7-22(13)14-11(16)3-9(6-18)4-12(14)17/h3-4,8,10,13H,5,7H2,1-2H3/t10-,13+/m1/s1. The van der Waals surface area contributed by atoms with Crippen molar-refractivity contribution in [2.45, 2.75) is 18.6 Å². The first-order chi connectivity index (χ1) is 11.0. The molecule has 23 heavy (non-hydrogen) atoms. The van der Waals surface area contributed by atoms with Gasteiger partial charge >= 0.3 is 0 Å². The monoisotopic (exact) mass is 319 g/mol. The number of hydrogen-bond acceptors (Lipinski definition) is 5. The van der Waals surface area contributed by atoms with Crippen LogP contribution in [0.3, 0.4) is 0 Å². The van der Waals surface area contributed by atoms with Crippen LogP contribution in [-0.4, -0.2) is 34.5 Å². The molecule has 1 aliphatic rings. The van der Waals surface area contributed by atoms with Crippen LogP contribution in [0.4, 0.5) is 14.5 Å². The fraction of sp³-hybridized carbons (Fsp3) is 0.400. The highest BCUT2D eigenvalue weighted by Crippen LogP contribution is 2.39. The summed E-state index contributed by atoms with van der Waals surface area (Å²) >= 11 is 0. The lowest BCUT2D eigenvalue weighted by Crippen LogP contribution is -2.28. The van der Waals surface area contributed by atoms with Gasteiger partial charge in [0.15, 0.2) is 17.5 Å². The molecule has 0 aliphatic carbocycles. The Morgan fingerprint density at radius 3 is 2.57 bits per heavy atom. The molecule has 120 valence electrons. The molecule has 1 aromatic carbocycles. The number of nitriles is 1. The largest absolute Gasteiger partial charge is 0.380 e. The molecule has 1 fully saturated rings. The number of aromatic nitrogens is 3. The Morgan fingerprint density at radius 2 is 2.04 bits per heavy atom. The fourth-order valence-electron chi connectivity index (χ4n) is 2.96. The van der Waals surface area contributed by atoms with Crippen molar-refractivity contribution in [2.75, 3.05) is 18.6 Å². The predicted octanol–water partition coefficient (Wildman–Crippen LogP) is 1.93. The molecule has 3 rings (SSSR count). The summed E-state index contributed by atoms with van der Waals surface area (Å²) < 4.78 is 35.8. The summed E-state index contributed by atoms with van der Waals surface area (Å²) in [5.41, 5.74) is -0.224. The molecule has 0 N–H and O–H groups in total. The highest BCUT2D eigenvalue weighted by molar-refractivity contribution is 5.55. The minimum absolute atomic E-state index is 0.0542. The molecule has 1 saturated heterocycles. The Balaban J connectivity index is 2.06. The summed E-state index contributed by atoms with van der Waals surface area (Å²) in [6.45, 7) is 0.327. The molecule has 0 saturated carbocycles. The number of rotatable bonds is 3. The Kier molecular flexibility index (Phi) is 3.96.